The Labute approximate surface area is 170 Å². The summed E-state index contributed by atoms with van der Waals surface area (Å²) < 4.78 is 17.1. The van der Waals surface area contributed by atoms with Crippen LogP contribution in [0, 0.1) is 0 Å². The van der Waals surface area contributed by atoms with Gasteiger partial charge in [0.15, 0.2) is 16.6 Å². The van der Waals surface area contributed by atoms with Crippen LogP contribution in [-0.2, 0) is 16.0 Å². The number of nitrogens with zero attached hydrogens (tertiary/aromatic N) is 1. The number of ether oxygens (including phenoxy) is 3. The highest BCUT2D eigenvalue weighted by Gasteiger charge is 2.16. The first-order valence-electron chi connectivity index (χ1n) is 9.04. The molecule has 0 fully saturated rings. The van der Waals surface area contributed by atoms with Crippen molar-refractivity contribution in [1.82, 2.24) is 10.3 Å². The minimum Gasteiger partial charge on any atom is -0.497 e. The van der Waals surface area contributed by atoms with Gasteiger partial charge in [0.1, 0.15) is 19.0 Å². The third-order valence-corrected chi connectivity index (χ3v) is 5.26. The van der Waals surface area contributed by atoms with Gasteiger partial charge in [0.05, 0.1) is 17.3 Å². The van der Waals surface area contributed by atoms with E-state index in [0.29, 0.717) is 42.8 Å². The van der Waals surface area contributed by atoms with E-state index in [0.717, 1.165) is 21.5 Å². The Morgan fingerprint density at radius 2 is 1.93 bits per heavy atom. The van der Waals surface area contributed by atoms with Crippen molar-refractivity contribution in [3.8, 4) is 17.2 Å². The van der Waals surface area contributed by atoms with Crippen molar-refractivity contribution in [2.75, 3.05) is 32.2 Å². The Morgan fingerprint density at radius 3 is 2.76 bits per heavy atom. The smallest absolute Gasteiger partial charge is 0.315 e. The number of amides is 2. The van der Waals surface area contributed by atoms with Gasteiger partial charge in [0.25, 0.3) is 0 Å². The second-order valence-corrected chi connectivity index (χ2v) is 7.32. The van der Waals surface area contributed by atoms with E-state index in [1.807, 2.05) is 24.3 Å². The highest BCUT2D eigenvalue weighted by molar-refractivity contribution is 7.22. The molecule has 0 radical (unpaired) electrons. The van der Waals surface area contributed by atoms with Crippen LogP contribution in [0.25, 0.3) is 10.2 Å². The Kier molecular flexibility index (Phi) is 5.48. The van der Waals surface area contributed by atoms with Crippen molar-refractivity contribution in [1.29, 1.82) is 0 Å². The van der Waals surface area contributed by atoms with Crippen molar-refractivity contribution in [2.45, 2.75) is 6.42 Å². The lowest BCUT2D eigenvalue weighted by Crippen LogP contribution is -2.36. The SMILES string of the molecule is COc1ccc2nc(NC(=O)C(=O)NCCc3ccc4c(c3)OCCO4)sc2c1. The van der Waals surface area contributed by atoms with Crippen molar-refractivity contribution in [3.63, 3.8) is 0 Å². The van der Waals surface area contributed by atoms with Gasteiger partial charge in [0.2, 0.25) is 0 Å². The van der Waals surface area contributed by atoms with Crippen LogP contribution in [0.4, 0.5) is 5.13 Å². The normalized spacial score (nSPS) is 12.4. The largest absolute Gasteiger partial charge is 0.497 e. The predicted octanol–water partition coefficient (Wildman–Crippen LogP) is 2.37. The quantitative estimate of drug-likeness (QED) is 0.623. The second kappa shape index (κ2) is 8.36. The Balaban J connectivity index is 1.30. The number of carbonyl (C=O) groups is 2. The van der Waals surface area contributed by atoms with Crippen LogP contribution in [0.15, 0.2) is 36.4 Å². The molecule has 9 heteroatoms. The van der Waals surface area contributed by atoms with Gasteiger partial charge in [0, 0.05) is 6.54 Å². The zero-order valence-electron chi connectivity index (χ0n) is 15.7. The van der Waals surface area contributed by atoms with E-state index in [-0.39, 0.29) is 0 Å². The fourth-order valence-electron chi connectivity index (χ4n) is 2.88. The van der Waals surface area contributed by atoms with E-state index in [4.69, 9.17) is 14.2 Å². The summed E-state index contributed by atoms with van der Waals surface area (Å²) in [6, 6.07) is 11.1. The second-order valence-electron chi connectivity index (χ2n) is 6.29. The topological polar surface area (TPSA) is 98.8 Å². The number of carbonyl (C=O) groups excluding carboxylic acids is 2. The van der Waals surface area contributed by atoms with Gasteiger partial charge in [-0.05, 0) is 42.3 Å². The number of nitrogens with one attached hydrogen (secondary N) is 2. The van der Waals surface area contributed by atoms with E-state index in [9.17, 15) is 9.59 Å². The van der Waals surface area contributed by atoms with E-state index in [1.165, 1.54) is 11.3 Å². The molecule has 0 aliphatic carbocycles. The van der Waals surface area contributed by atoms with E-state index in [1.54, 1.807) is 19.2 Å². The van der Waals surface area contributed by atoms with Gasteiger partial charge in [-0.1, -0.05) is 17.4 Å². The highest BCUT2D eigenvalue weighted by atomic mass is 32.1. The molecule has 0 unspecified atom stereocenters. The standard InChI is InChI=1S/C20H19N3O5S/c1-26-13-3-4-14-17(11-13)29-20(22-14)23-19(25)18(24)21-7-6-12-2-5-15-16(10-12)28-9-8-27-15/h2-5,10-11H,6-9H2,1H3,(H,21,24)(H,22,23,25). The number of benzene rings is 2. The maximum atomic E-state index is 12.1. The number of thiazole rings is 1. The molecule has 150 valence electrons. The Hall–Kier alpha value is -3.33. The molecule has 0 bridgehead atoms. The molecular weight excluding hydrogens is 394 g/mol. The maximum Gasteiger partial charge on any atom is 0.315 e. The van der Waals surface area contributed by atoms with Crippen LogP contribution in [0.3, 0.4) is 0 Å². The van der Waals surface area contributed by atoms with Gasteiger partial charge in [-0.25, -0.2) is 4.98 Å². The number of hydrogen-bond acceptors (Lipinski definition) is 7. The number of anilines is 1. The molecule has 0 spiro atoms. The number of hydrogen-bond donors (Lipinski definition) is 2. The molecule has 0 atom stereocenters. The lowest BCUT2D eigenvalue weighted by molar-refractivity contribution is -0.136. The summed E-state index contributed by atoms with van der Waals surface area (Å²) in [5.41, 5.74) is 1.71. The summed E-state index contributed by atoms with van der Waals surface area (Å²) in [4.78, 5) is 28.5. The average molecular weight is 413 g/mol. The van der Waals surface area contributed by atoms with E-state index >= 15 is 0 Å². The summed E-state index contributed by atoms with van der Waals surface area (Å²) in [6.45, 7) is 1.38. The minimum absolute atomic E-state index is 0.322. The van der Waals surface area contributed by atoms with Crippen LogP contribution < -0.4 is 24.8 Å². The molecule has 1 aromatic heterocycles. The molecule has 0 saturated heterocycles. The third-order valence-electron chi connectivity index (χ3n) is 4.33. The molecule has 1 aliphatic heterocycles. The zero-order valence-corrected chi connectivity index (χ0v) is 16.5. The fraction of sp³-hybridized carbons (Fsp3) is 0.250. The number of rotatable bonds is 5. The molecule has 2 amide bonds. The number of aromatic nitrogens is 1. The summed E-state index contributed by atoms with van der Waals surface area (Å²) in [7, 11) is 1.58. The van der Waals surface area contributed by atoms with Crippen LogP contribution >= 0.6 is 11.3 Å². The zero-order chi connectivity index (χ0) is 20.2. The number of fused-ring (bicyclic) bond motifs is 2. The van der Waals surface area contributed by atoms with E-state index < -0.39 is 11.8 Å². The van der Waals surface area contributed by atoms with Gasteiger partial charge in [-0.2, -0.15) is 0 Å². The molecule has 8 nitrogen and oxygen atoms in total. The summed E-state index contributed by atoms with van der Waals surface area (Å²) in [6.07, 6.45) is 0.566. The van der Waals surface area contributed by atoms with Gasteiger partial charge in [-0.15, -0.1) is 0 Å². The minimum atomic E-state index is -0.752. The van der Waals surface area contributed by atoms with Gasteiger partial charge in [-0.3, -0.25) is 14.9 Å². The molecule has 2 heterocycles. The fourth-order valence-corrected chi connectivity index (χ4v) is 3.77. The third kappa shape index (κ3) is 4.40. The molecule has 2 N–H and O–H groups in total. The van der Waals surface area contributed by atoms with Crippen molar-refractivity contribution in [2.24, 2.45) is 0 Å². The Bertz CT molecular complexity index is 1070. The lowest BCUT2D eigenvalue weighted by Gasteiger charge is -2.18. The summed E-state index contributed by atoms with van der Waals surface area (Å²) in [5, 5.41) is 5.52. The maximum absolute atomic E-state index is 12.1. The molecule has 0 saturated carbocycles. The molecular formula is C20H19N3O5S. The van der Waals surface area contributed by atoms with Crippen LogP contribution in [-0.4, -0.2) is 43.7 Å². The molecule has 1 aliphatic rings. The van der Waals surface area contributed by atoms with E-state index in [2.05, 4.69) is 15.6 Å². The van der Waals surface area contributed by atoms with Gasteiger partial charge >= 0.3 is 11.8 Å². The first kappa shape index (κ1) is 19.0. The molecule has 29 heavy (non-hydrogen) atoms. The monoisotopic (exact) mass is 413 g/mol. The van der Waals surface area contributed by atoms with Crippen LogP contribution in [0.5, 0.6) is 17.2 Å². The molecule has 4 rings (SSSR count). The van der Waals surface area contributed by atoms with Crippen LogP contribution in [0.2, 0.25) is 0 Å². The van der Waals surface area contributed by atoms with Crippen molar-refractivity contribution >= 4 is 38.5 Å². The first-order chi connectivity index (χ1) is 14.1. The van der Waals surface area contributed by atoms with Crippen LogP contribution in [0.1, 0.15) is 5.56 Å². The molecule has 3 aromatic rings. The average Bonchev–Trinajstić information content (AvgIpc) is 3.14. The molecule has 2 aromatic carbocycles. The summed E-state index contributed by atoms with van der Waals surface area (Å²) >= 11 is 1.28. The predicted molar refractivity (Wildman–Crippen MR) is 109 cm³/mol. The summed E-state index contributed by atoms with van der Waals surface area (Å²) in [5.74, 6) is 0.663. The van der Waals surface area contributed by atoms with Crippen molar-refractivity contribution < 1.29 is 23.8 Å². The number of methoxy groups -OCH3 is 1. The van der Waals surface area contributed by atoms with Gasteiger partial charge < -0.3 is 19.5 Å². The van der Waals surface area contributed by atoms with Crippen molar-refractivity contribution in [3.05, 3.63) is 42.0 Å². The lowest BCUT2D eigenvalue weighted by atomic mass is 10.1. The highest BCUT2D eigenvalue weighted by Crippen LogP contribution is 2.31. The first-order valence-corrected chi connectivity index (χ1v) is 9.86. The Morgan fingerprint density at radius 1 is 1.10 bits per heavy atom.